The molecule has 2 heteroatoms. The molecule has 0 saturated carbocycles. The standard InChI is InChI=1S/C14H20O2/c1-4-5-6-14(16-3)13-9-7-12(8-10-13)11(2)15/h7-10,14H,4-6H2,1-3H3/t14-/m0/s1. The maximum Gasteiger partial charge on any atom is 0.159 e. The zero-order valence-corrected chi connectivity index (χ0v) is 10.3. The van der Waals surface area contributed by atoms with Crippen molar-refractivity contribution in [1.29, 1.82) is 0 Å². The minimum absolute atomic E-state index is 0.106. The Bertz CT molecular complexity index is 327. The molecule has 0 saturated heterocycles. The molecule has 0 aromatic heterocycles. The largest absolute Gasteiger partial charge is 0.377 e. The first kappa shape index (κ1) is 12.9. The summed E-state index contributed by atoms with van der Waals surface area (Å²) in [6.45, 7) is 3.76. The lowest BCUT2D eigenvalue weighted by Gasteiger charge is -2.15. The SMILES string of the molecule is CCCC[C@H](OC)c1ccc(C(C)=O)cc1. The molecule has 2 nitrogen and oxygen atoms in total. The Hall–Kier alpha value is -1.15. The number of benzene rings is 1. The number of unbranched alkanes of at least 4 members (excludes halogenated alkanes) is 1. The van der Waals surface area contributed by atoms with E-state index in [9.17, 15) is 4.79 Å². The number of hydrogen-bond donors (Lipinski definition) is 0. The number of carbonyl (C=O) groups excluding carboxylic acids is 1. The summed E-state index contributed by atoms with van der Waals surface area (Å²) in [7, 11) is 1.74. The van der Waals surface area contributed by atoms with Crippen molar-refractivity contribution in [3.05, 3.63) is 35.4 Å². The van der Waals surface area contributed by atoms with Crippen LogP contribution in [0.15, 0.2) is 24.3 Å². The number of ketones is 1. The van der Waals surface area contributed by atoms with E-state index in [1.54, 1.807) is 14.0 Å². The first-order chi connectivity index (χ1) is 7.69. The summed E-state index contributed by atoms with van der Waals surface area (Å²) in [5.41, 5.74) is 1.91. The third-order valence-electron chi connectivity index (χ3n) is 2.79. The second kappa shape index (κ2) is 6.44. The number of Topliss-reactive ketones (excluding diaryl/α,β-unsaturated/α-hetero) is 1. The van der Waals surface area contributed by atoms with Crippen LogP contribution in [0.3, 0.4) is 0 Å². The number of rotatable bonds is 6. The molecule has 0 amide bonds. The van der Waals surface area contributed by atoms with Gasteiger partial charge in [0.15, 0.2) is 5.78 Å². The number of hydrogen-bond acceptors (Lipinski definition) is 2. The summed E-state index contributed by atoms with van der Waals surface area (Å²) in [4.78, 5) is 11.1. The lowest BCUT2D eigenvalue weighted by molar-refractivity contribution is 0.0934. The van der Waals surface area contributed by atoms with Crippen LogP contribution >= 0.6 is 0 Å². The van der Waals surface area contributed by atoms with Crippen LogP contribution in [0.4, 0.5) is 0 Å². The second-order valence-electron chi connectivity index (χ2n) is 4.04. The highest BCUT2D eigenvalue weighted by Gasteiger charge is 2.10. The summed E-state index contributed by atoms with van der Waals surface area (Å²) in [6, 6.07) is 7.71. The molecule has 1 rings (SSSR count). The summed E-state index contributed by atoms with van der Waals surface area (Å²) in [5.74, 6) is 0.106. The predicted molar refractivity (Wildman–Crippen MR) is 65.7 cm³/mol. The van der Waals surface area contributed by atoms with E-state index in [4.69, 9.17) is 4.74 Å². The predicted octanol–water partition coefficient (Wildman–Crippen LogP) is 3.77. The highest BCUT2D eigenvalue weighted by atomic mass is 16.5. The zero-order valence-electron chi connectivity index (χ0n) is 10.3. The van der Waals surface area contributed by atoms with Crippen molar-refractivity contribution in [2.45, 2.75) is 39.2 Å². The Morgan fingerprint density at radius 1 is 1.31 bits per heavy atom. The van der Waals surface area contributed by atoms with Crippen LogP contribution in [-0.4, -0.2) is 12.9 Å². The average Bonchev–Trinajstić information content (AvgIpc) is 2.30. The Morgan fingerprint density at radius 3 is 2.38 bits per heavy atom. The summed E-state index contributed by atoms with van der Waals surface area (Å²) >= 11 is 0. The van der Waals surface area contributed by atoms with Crippen molar-refractivity contribution in [2.75, 3.05) is 7.11 Å². The van der Waals surface area contributed by atoms with Crippen molar-refractivity contribution < 1.29 is 9.53 Å². The molecule has 0 aliphatic heterocycles. The molecule has 0 heterocycles. The lowest BCUT2D eigenvalue weighted by Crippen LogP contribution is -2.02. The van der Waals surface area contributed by atoms with E-state index < -0.39 is 0 Å². The Morgan fingerprint density at radius 2 is 1.94 bits per heavy atom. The van der Waals surface area contributed by atoms with Gasteiger partial charge in [-0.3, -0.25) is 4.79 Å². The van der Waals surface area contributed by atoms with Gasteiger partial charge in [0.2, 0.25) is 0 Å². The van der Waals surface area contributed by atoms with E-state index in [-0.39, 0.29) is 11.9 Å². The first-order valence-electron chi connectivity index (χ1n) is 5.82. The molecular weight excluding hydrogens is 200 g/mol. The van der Waals surface area contributed by atoms with Crippen molar-refractivity contribution in [3.8, 4) is 0 Å². The monoisotopic (exact) mass is 220 g/mol. The molecule has 0 bridgehead atoms. The topological polar surface area (TPSA) is 26.3 Å². The summed E-state index contributed by atoms with van der Waals surface area (Å²) in [5, 5.41) is 0. The molecule has 0 unspecified atom stereocenters. The molecule has 1 aromatic rings. The van der Waals surface area contributed by atoms with E-state index in [1.807, 2.05) is 24.3 Å². The van der Waals surface area contributed by atoms with Crippen LogP contribution in [0.5, 0.6) is 0 Å². The van der Waals surface area contributed by atoms with Gasteiger partial charge >= 0.3 is 0 Å². The Labute approximate surface area is 97.6 Å². The minimum atomic E-state index is 0.106. The third kappa shape index (κ3) is 3.46. The van der Waals surface area contributed by atoms with Crippen LogP contribution < -0.4 is 0 Å². The second-order valence-corrected chi connectivity index (χ2v) is 4.04. The van der Waals surface area contributed by atoms with Gasteiger partial charge in [-0.2, -0.15) is 0 Å². The van der Waals surface area contributed by atoms with Gasteiger partial charge in [-0.05, 0) is 18.9 Å². The number of methoxy groups -OCH3 is 1. The normalized spacial score (nSPS) is 12.4. The third-order valence-corrected chi connectivity index (χ3v) is 2.79. The molecular formula is C14H20O2. The molecule has 0 spiro atoms. The molecule has 0 N–H and O–H groups in total. The molecule has 0 aliphatic carbocycles. The Balaban J connectivity index is 2.74. The summed E-state index contributed by atoms with van der Waals surface area (Å²) in [6.07, 6.45) is 3.52. The van der Waals surface area contributed by atoms with Crippen molar-refractivity contribution in [2.24, 2.45) is 0 Å². The van der Waals surface area contributed by atoms with E-state index in [0.717, 1.165) is 24.0 Å². The van der Waals surface area contributed by atoms with Gasteiger partial charge in [-0.25, -0.2) is 0 Å². The maximum absolute atomic E-state index is 11.1. The maximum atomic E-state index is 11.1. The number of carbonyl (C=O) groups is 1. The van der Waals surface area contributed by atoms with Crippen molar-refractivity contribution >= 4 is 5.78 Å². The van der Waals surface area contributed by atoms with Gasteiger partial charge < -0.3 is 4.74 Å². The highest BCUT2D eigenvalue weighted by Crippen LogP contribution is 2.23. The van der Waals surface area contributed by atoms with Crippen molar-refractivity contribution in [3.63, 3.8) is 0 Å². The number of ether oxygens (including phenoxy) is 1. The lowest BCUT2D eigenvalue weighted by atomic mass is 10.0. The van der Waals surface area contributed by atoms with Gasteiger partial charge in [0.1, 0.15) is 0 Å². The molecule has 88 valence electrons. The van der Waals surface area contributed by atoms with Gasteiger partial charge in [0, 0.05) is 12.7 Å². The molecule has 16 heavy (non-hydrogen) atoms. The van der Waals surface area contributed by atoms with Crippen LogP contribution in [0.2, 0.25) is 0 Å². The quantitative estimate of drug-likeness (QED) is 0.682. The molecule has 0 fully saturated rings. The highest BCUT2D eigenvalue weighted by molar-refractivity contribution is 5.94. The zero-order chi connectivity index (χ0) is 12.0. The van der Waals surface area contributed by atoms with Crippen LogP contribution in [0.1, 0.15) is 55.1 Å². The van der Waals surface area contributed by atoms with Crippen LogP contribution in [-0.2, 0) is 4.74 Å². The van der Waals surface area contributed by atoms with Crippen LogP contribution in [0, 0.1) is 0 Å². The van der Waals surface area contributed by atoms with Gasteiger partial charge in [-0.15, -0.1) is 0 Å². The van der Waals surface area contributed by atoms with Crippen molar-refractivity contribution in [1.82, 2.24) is 0 Å². The molecule has 0 radical (unpaired) electrons. The fourth-order valence-corrected chi connectivity index (χ4v) is 1.74. The molecule has 0 aliphatic rings. The molecule has 1 atom stereocenters. The summed E-state index contributed by atoms with van der Waals surface area (Å²) < 4.78 is 5.45. The van der Waals surface area contributed by atoms with E-state index in [2.05, 4.69) is 6.92 Å². The fourth-order valence-electron chi connectivity index (χ4n) is 1.74. The smallest absolute Gasteiger partial charge is 0.159 e. The van der Waals surface area contributed by atoms with Crippen LogP contribution in [0.25, 0.3) is 0 Å². The van der Waals surface area contributed by atoms with Gasteiger partial charge in [-0.1, -0.05) is 44.0 Å². The van der Waals surface area contributed by atoms with E-state index in [1.165, 1.54) is 6.42 Å². The first-order valence-corrected chi connectivity index (χ1v) is 5.82. The molecule has 1 aromatic carbocycles. The van der Waals surface area contributed by atoms with Gasteiger partial charge in [0.25, 0.3) is 0 Å². The Kier molecular flexibility index (Phi) is 5.20. The minimum Gasteiger partial charge on any atom is -0.377 e. The van der Waals surface area contributed by atoms with E-state index >= 15 is 0 Å². The fraction of sp³-hybridized carbons (Fsp3) is 0.500. The van der Waals surface area contributed by atoms with E-state index in [0.29, 0.717) is 0 Å². The van der Waals surface area contributed by atoms with Gasteiger partial charge in [0.05, 0.1) is 6.10 Å². The average molecular weight is 220 g/mol.